The lowest BCUT2D eigenvalue weighted by Gasteiger charge is -2.34. The molecule has 2 atom stereocenters. The first-order valence-electron chi connectivity index (χ1n) is 9.27. The minimum absolute atomic E-state index is 0.282. The molecule has 0 saturated heterocycles. The molecule has 0 bridgehead atoms. The molecule has 0 N–H and O–H groups in total. The normalized spacial score (nSPS) is 20.0. The van der Waals surface area contributed by atoms with Crippen LogP contribution in [0, 0.1) is 24.2 Å². The van der Waals surface area contributed by atoms with Crippen LogP contribution in [-0.2, 0) is 5.41 Å². The van der Waals surface area contributed by atoms with E-state index in [9.17, 15) is 5.26 Å². The highest BCUT2D eigenvalue weighted by atomic mass is 15.1. The van der Waals surface area contributed by atoms with Gasteiger partial charge >= 0.3 is 0 Å². The predicted octanol–water partition coefficient (Wildman–Crippen LogP) is 5.04. The van der Waals surface area contributed by atoms with Crippen LogP contribution in [0.1, 0.15) is 42.3 Å². The molecule has 0 radical (unpaired) electrons. The van der Waals surface area contributed by atoms with E-state index in [-0.39, 0.29) is 5.92 Å². The Morgan fingerprint density at radius 1 is 1.00 bits per heavy atom. The molecule has 1 saturated carbocycles. The first-order chi connectivity index (χ1) is 12.8. The van der Waals surface area contributed by atoms with Crippen LogP contribution in [0.3, 0.4) is 0 Å². The number of nitrogens with zero attached hydrogens (tertiary/aromatic N) is 3. The van der Waals surface area contributed by atoms with Crippen molar-refractivity contribution in [3.8, 4) is 6.07 Å². The maximum atomic E-state index is 10.4. The van der Waals surface area contributed by atoms with Crippen molar-refractivity contribution in [1.82, 2.24) is 9.55 Å². The molecule has 3 heteroatoms. The van der Waals surface area contributed by atoms with Crippen LogP contribution >= 0.6 is 0 Å². The van der Waals surface area contributed by atoms with Crippen molar-refractivity contribution in [2.45, 2.75) is 37.6 Å². The van der Waals surface area contributed by atoms with Gasteiger partial charge in [-0.05, 0) is 43.2 Å². The second kappa shape index (κ2) is 6.80. The van der Waals surface area contributed by atoms with Crippen molar-refractivity contribution in [3.05, 3.63) is 90.0 Å². The number of rotatable bonds is 4. The molecule has 1 aliphatic carbocycles. The summed E-state index contributed by atoms with van der Waals surface area (Å²) in [6, 6.07) is 23.8. The van der Waals surface area contributed by atoms with Gasteiger partial charge in [0.2, 0.25) is 0 Å². The van der Waals surface area contributed by atoms with Crippen molar-refractivity contribution in [1.29, 1.82) is 5.26 Å². The molecule has 0 aliphatic heterocycles. The fourth-order valence-corrected chi connectivity index (χ4v) is 4.64. The van der Waals surface area contributed by atoms with E-state index in [1.165, 1.54) is 0 Å². The lowest BCUT2D eigenvalue weighted by Crippen LogP contribution is -2.34. The molecule has 0 amide bonds. The predicted molar refractivity (Wildman–Crippen MR) is 103 cm³/mol. The topological polar surface area (TPSA) is 41.6 Å². The van der Waals surface area contributed by atoms with Crippen molar-refractivity contribution in [3.63, 3.8) is 0 Å². The third-order valence-corrected chi connectivity index (χ3v) is 5.91. The molecule has 1 aromatic heterocycles. The zero-order chi connectivity index (χ0) is 18.0. The number of imidazole rings is 1. The number of hydrogen-bond donors (Lipinski definition) is 0. The quantitative estimate of drug-likeness (QED) is 0.667. The Hall–Kier alpha value is -2.86. The van der Waals surface area contributed by atoms with Crippen LogP contribution in [0.25, 0.3) is 0 Å². The monoisotopic (exact) mass is 341 g/mol. The van der Waals surface area contributed by atoms with Gasteiger partial charge in [-0.2, -0.15) is 5.26 Å². The standard InChI is InChI=1S/C23H23N3/c1-18-25-14-15-26(18)22-13-12-21(16-22)23(17-24,19-8-4-2-5-9-19)20-10-6-3-7-11-20/h2-11,14-15,21-22H,12-13,16H2,1H3/t21-,22+/m0/s1. The van der Waals surface area contributed by atoms with Gasteiger partial charge in [0.1, 0.15) is 11.2 Å². The fourth-order valence-electron chi connectivity index (χ4n) is 4.64. The van der Waals surface area contributed by atoms with Crippen LogP contribution in [-0.4, -0.2) is 9.55 Å². The van der Waals surface area contributed by atoms with Gasteiger partial charge in [0.25, 0.3) is 0 Å². The first-order valence-corrected chi connectivity index (χ1v) is 9.27. The van der Waals surface area contributed by atoms with Crippen LogP contribution in [0.2, 0.25) is 0 Å². The maximum Gasteiger partial charge on any atom is 0.110 e. The third kappa shape index (κ3) is 2.63. The summed E-state index contributed by atoms with van der Waals surface area (Å²) in [7, 11) is 0. The molecule has 1 heterocycles. The molecule has 0 spiro atoms. The van der Waals surface area contributed by atoms with Gasteiger partial charge in [0, 0.05) is 18.4 Å². The molecule has 3 nitrogen and oxygen atoms in total. The zero-order valence-electron chi connectivity index (χ0n) is 15.0. The van der Waals surface area contributed by atoms with E-state index < -0.39 is 5.41 Å². The molecule has 3 aromatic rings. The Kier molecular flexibility index (Phi) is 4.34. The summed E-state index contributed by atoms with van der Waals surface area (Å²) in [6.07, 6.45) is 7.06. The number of hydrogen-bond acceptors (Lipinski definition) is 2. The number of aromatic nitrogens is 2. The summed E-state index contributed by atoms with van der Waals surface area (Å²) < 4.78 is 2.28. The Bertz CT molecular complexity index is 866. The highest BCUT2D eigenvalue weighted by Crippen LogP contribution is 2.49. The van der Waals surface area contributed by atoms with Crippen LogP contribution in [0.4, 0.5) is 0 Å². The summed E-state index contributed by atoms with van der Waals surface area (Å²) in [6.45, 7) is 2.05. The third-order valence-electron chi connectivity index (χ3n) is 5.91. The summed E-state index contributed by atoms with van der Waals surface area (Å²) in [5.41, 5.74) is 1.59. The van der Waals surface area contributed by atoms with Gasteiger partial charge < -0.3 is 4.57 Å². The van der Waals surface area contributed by atoms with Crippen molar-refractivity contribution >= 4 is 0 Å². The maximum absolute atomic E-state index is 10.4. The molecule has 4 rings (SSSR count). The van der Waals surface area contributed by atoms with Gasteiger partial charge in [-0.3, -0.25) is 0 Å². The molecule has 0 unspecified atom stereocenters. The Labute approximate surface area is 154 Å². The lowest BCUT2D eigenvalue weighted by atomic mass is 9.66. The Morgan fingerprint density at radius 3 is 2.12 bits per heavy atom. The van der Waals surface area contributed by atoms with E-state index in [2.05, 4.69) is 53.0 Å². The molecular formula is C23H23N3. The van der Waals surface area contributed by atoms with Crippen LogP contribution in [0.15, 0.2) is 73.1 Å². The van der Waals surface area contributed by atoms with Crippen LogP contribution < -0.4 is 0 Å². The highest BCUT2D eigenvalue weighted by molar-refractivity contribution is 5.47. The number of aryl methyl sites for hydroxylation is 1. The number of nitriles is 1. The van der Waals surface area contributed by atoms with Crippen LogP contribution in [0.5, 0.6) is 0 Å². The Balaban J connectivity index is 1.78. The molecule has 1 aliphatic rings. The SMILES string of the molecule is Cc1nccn1[C@@H]1CC[C@H](C(C#N)(c2ccccc2)c2ccccc2)C1. The minimum atomic E-state index is -0.605. The molecule has 1 fully saturated rings. The summed E-state index contributed by atoms with van der Waals surface area (Å²) in [4.78, 5) is 4.38. The molecular weight excluding hydrogens is 318 g/mol. The smallest absolute Gasteiger partial charge is 0.110 e. The molecule has 2 aromatic carbocycles. The van der Waals surface area contributed by atoms with E-state index >= 15 is 0 Å². The van der Waals surface area contributed by atoms with Gasteiger partial charge in [-0.15, -0.1) is 0 Å². The number of benzene rings is 2. The summed E-state index contributed by atoms with van der Waals surface area (Å²) >= 11 is 0. The second-order valence-corrected chi connectivity index (χ2v) is 7.20. The van der Waals surface area contributed by atoms with E-state index in [0.717, 1.165) is 36.2 Å². The first kappa shape index (κ1) is 16.6. The van der Waals surface area contributed by atoms with Gasteiger partial charge in [0.15, 0.2) is 0 Å². The van der Waals surface area contributed by atoms with Crippen molar-refractivity contribution < 1.29 is 0 Å². The van der Waals surface area contributed by atoms with E-state index in [0.29, 0.717) is 6.04 Å². The molecule has 130 valence electrons. The van der Waals surface area contributed by atoms with Gasteiger partial charge in [-0.1, -0.05) is 60.7 Å². The Morgan fingerprint density at radius 2 is 1.62 bits per heavy atom. The van der Waals surface area contributed by atoms with Gasteiger partial charge in [-0.25, -0.2) is 4.98 Å². The van der Waals surface area contributed by atoms with E-state index in [1.807, 2.05) is 42.6 Å². The molecule has 26 heavy (non-hydrogen) atoms. The minimum Gasteiger partial charge on any atom is -0.332 e. The summed E-state index contributed by atoms with van der Waals surface area (Å²) in [5, 5.41) is 10.4. The average Bonchev–Trinajstić information content (AvgIpc) is 3.34. The van der Waals surface area contributed by atoms with Gasteiger partial charge in [0.05, 0.1) is 6.07 Å². The fraction of sp³-hybridized carbons (Fsp3) is 0.304. The van der Waals surface area contributed by atoms with Crippen molar-refractivity contribution in [2.75, 3.05) is 0 Å². The summed E-state index contributed by atoms with van der Waals surface area (Å²) in [5.74, 6) is 1.33. The zero-order valence-corrected chi connectivity index (χ0v) is 15.0. The average molecular weight is 341 g/mol. The largest absolute Gasteiger partial charge is 0.332 e. The lowest BCUT2D eigenvalue weighted by molar-refractivity contribution is 0.380. The van der Waals surface area contributed by atoms with Crippen molar-refractivity contribution in [2.24, 2.45) is 5.92 Å². The van der Waals surface area contributed by atoms with E-state index in [4.69, 9.17) is 0 Å². The van der Waals surface area contributed by atoms with E-state index in [1.54, 1.807) is 0 Å². The highest BCUT2D eigenvalue weighted by Gasteiger charge is 2.46. The second-order valence-electron chi connectivity index (χ2n) is 7.20.